The first-order chi connectivity index (χ1) is 32.3. The first kappa shape index (κ1) is 54.0. The van der Waals surface area contributed by atoms with Crippen molar-refractivity contribution in [3.63, 3.8) is 0 Å². The molecule has 0 fully saturated rings. The van der Waals surface area contributed by atoms with E-state index < -0.39 is 101 Å². The summed E-state index contributed by atoms with van der Waals surface area (Å²) in [6.07, 6.45) is -10.3. The zero-order valence-electron chi connectivity index (χ0n) is 39.2. The fourth-order valence-electron chi connectivity index (χ4n) is 6.90. The summed E-state index contributed by atoms with van der Waals surface area (Å²) in [5.41, 5.74) is -1.99. The number of carbonyl (C=O) groups excluding carboxylic acids is 2. The molecular weight excluding hydrogens is 979 g/mol. The van der Waals surface area contributed by atoms with Gasteiger partial charge in [0.1, 0.15) is 46.5 Å². The lowest BCUT2D eigenvalue weighted by Gasteiger charge is -2.18. The van der Waals surface area contributed by atoms with Gasteiger partial charge in [0, 0.05) is 28.2 Å². The van der Waals surface area contributed by atoms with Crippen molar-refractivity contribution in [1.29, 1.82) is 0 Å². The average Bonchev–Trinajstić information content (AvgIpc) is 3.96. The molecule has 18 nitrogen and oxygen atoms in total. The van der Waals surface area contributed by atoms with Crippen LogP contribution in [0.1, 0.15) is 88.6 Å². The van der Waals surface area contributed by atoms with Crippen LogP contribution in [0.3, 0.4) is 0 Å². The molecular formula is C44H50F6N8O10S2. The van der Waals surface area contributed by atoms with Crippen LogP contribution >= 0.6 is 0 Å². The highest BCUT2D eigenvalue weighted by molar-refractivity contribution is 7.95. The number of amidine groups is 2. The summed E-state index contributed by atoms with van der Waals surface area (Å²) in [5.74, 6) is -2.13. The van der Waals surface area contributed by atoms with Crippen LogP contribution in [-0.2, 0) is 20.0 Å². The Balaban J connectivity index is 0.000000261. The smallest absolute Gasteiger partial charge is 0.431 e. The maximum absolute atomic E-state index is 14.0. The highest BCUT2D eigenvalue weighted by Gasteiger charge is 2.53. The molecule has 4 aromatic rings. The van der Waals surface area contributed by atoms with Crippen LogP contribution in [0, 0.1) is 26.7 Å². The van der Waals surface area contributed by atoms with Gasteiger partial charge in [0.15, 0.2) is 33.0 Å². The maximum Gasteiger partial charge on any atom is 0.431 e. The fraction of sp³-hybridized carbons (Fsp3) is 0.364. The van der Waals surface area contributed by atoms with Crippen LogP contribution in [0.25, 0.3) is 0 Å². The van der Waals surface area contributed by atoms with E-state index in [1.165, 1.54) is 74.4 Å². The van der Waals surface area contributed by atoms with Gasteiger partial charge in [0.2, 0.25) is 0 Å². The Labute approximate surface area is 399 Å². The van der Waals surface area contributed by atoms with E-state index in [0.717, 1.165) is 5.56 Å². The molecule has 0 saturated heterocycles. The van der Waals surface area contributed by atoms with E-state index in [2.05, 4.69) is 20.6 Å². The van der Waals surface area contributed by atoms with E-state index in [4.69, 9.17) is 8.83 Å². The number of furan rings is 2. The molecule has 2 aromatic carbocycles. The van der Waals surface area contributed by atoms with E-state index in [1.807, 2.05) is 9.44 Å². The van der Waals surface area contributed by atoms with Crippen molar-refractivity contribution in [3.05, 3.63) is 116 Å². The van der Waals surface area contributed by atoms with Crippen LogP contribution in [-0.4, -0.2) is 101 Å². The summed E-state index contributed by atoms with van der Waals surface area (Å²) in [5, 5.41) is 25.8. The molecule has 0 saturated carbocycles. The molecule has 2 aliphatic rings. The number of allylic oxidation sites excluding steroid dienone is 2. The van der Waals surface area contributed by atoms with Crippen LogP contribution in [0.5, 0.6) is 11.5 Å². The lowest BCUT2D eigenvalue weighted by atomic mass is 10.0. The SMILES string of the molecule is CC[C@@H](N=C1NS(=O)(=O)C(C(F)(F)F)=C1Nc1cccc(C(=O)N(C)C)c1O)c1ccc(C)o1.Cc1cc([C@H](N=C2NS(=O)(=O)C(C(F)(F)F)=C2Nc2cccc(C(=O)N(C)C)c2O)C(C)C)oc1C. The summed E-state index contributed by atoms with van der Waals surface area (Å²) >= 11 is 0. The second-order valence-corrected chi connectivity index (χ2v) is 19.8. The van der Waals surface area contributed by atoms with Gasteiger partial charge in [-0.3, -0.25) is 29.0 Å². The molecule has 380 valence electrons. The second-order valence-electron chi connectivity index (χ2n) is 16.6. The van der Waals surface area contributed by atoms with Crippen molar-refractivity contribution in [2.45, 2.75) is 72.4 Å². The Bertz CT molecular complexity index is 3020. The van der Waals surface area contributed by atoms with E-state index in [-0.39, 0.29) is 28.4 Å². The summed E-state index contributed by atoms with van der Waals surface area (Å²) in [4.78, 5) is 31.7. The summed E-state index contributed by atoms with van der Waals surface area (Å²) in [7, 11) is -4.32. The molecule has 0 aliphatic carbocycles. The third-order valence-corrected chi connectivity index (χ3v) is 13.3. The van der Waals surface area contributed by atoms with Gasteiger partial charge in [0.25, 0.3) is 31.9 Å². The third-order valence-electron chi connectivity index (χ3n) is 10.4. The first-order valence-corrected chi connectivity index (χ1v) is 23.9. The number of hydrogen-bond acceptors (Lipinski definition) is 14. The van der Waals surface area contributed by atoms with E-state index >= 15 is 0 Å². The number of nitrogens with zero attached hydrogens (tertiary/aromatic N) is 4. The van der Waals surface area contributed by atoms with E-state index in [0.29, 0.717) is 29.5 Å². The minimum absolute atomic E-state index is 0.186. The number of benzene rings is 2. The van der Waals surface area contributed by atoms with Crippen LogP contribution in [0.15, 0.2) is 94.6 Å². The molecule has 4 heterocycles. The first-order valence-electron chi connectivity index (χ1n) is 20.9. The standard InChI is InChI=1S/C23H27F3N4O5S.C21H23F3N4O5S/c1-11(2)17(16-10-12(3)13(4)35-16)28-21-18(20(23(24,25)26)36(33,34)29-21)27-15-9-7-8-14(19(15)31)22(32)30(5)6;1-5-13(15-10-9-11(2)33-15)26-19-16(18(21(22,23)24)34(31,32)27-19)25-14-8-6-7-12(17(14)29)20(30)28(3)4/h7-11,17,27,31H,1-6H3,(H,28,29);6-10,13,25,29H,5H2,1-4H3,(H,26,27)/t17-;13-/m11/s1. The fourth-order valence-corrected chi connectivity index (χ4v) is 9.37. The molecule has 2 aromatic heterocycles. The summed E-state index contributed by atoms with van der Waals surface area (Å²) in [6.45, 7) is 10.4. The Kier molecular flexibility index (Phi) is 15.6. The van der Waals surface area contributed by atoms with E-state index in [9.17, 15) is 63.0 Å². The molecule has 70 heavy (non-hydrogen) atoms. The lowest BCUT2D eigenvalue weighted by Crippen LogP contribution is -2.28. The number of phenols is 2. The van der Waals surface area contributed by atoms with Gasteiger partial charge in [-0.25, -0.2) is 16.8 Å². The quantitative estimate of drug-likeness (QED) is 0.0586. The van der Waals surface area contributed by atoms with Crippen molar-refractivity contribution in [3.8, 4) is 11.5 Å². The van der Waals surface area contributed by atoms with Gasteiger partial charge < -0.3 is 39.5 Å². The molecule has 2 atom stereocenters. The number of halogens is 6. The number of phenolic OH excluding ortho intramolecular Hbond substituents is 2. The Morgan fingerprint density at radius 3 is 1.49 bits per heavy atom. The topological polar surface area (TPSA) is 248 Å². The largest absolute Gasteiger partial charge is 0.505 e. The van der Waals surface area contributed by atoms with Gasteiger partial charge in [0.05, 0.1) is 22.5 Å². The molecule has 2 aliphatic heterocycles. The molecule has 0 bridgehead atoms. The number of hydrogen-bond donors (Lipinski definition) is 6. The highest BCUT2D eigenvalue weighted by Crippen LogP contribution is 2.41. The van der Waals surface area contributed by atoms with Gasteiger partial charge in [-0.2, -0.15) is 26.3 Å². The number of amides is 2. The molecule has 2 amide bonds. The van der Waals surface area contributed by atoms with Crippen LogP contribution in [0.4, 0.5) is 37.7 Å². The van der Waals surface area contributed by atoms with Crippen LogP contribution in [0.2, 0.25) is 0 Å². The van der Waals surface area contributed by atoms with Crippen molar-refractivity contribution < 1.29 is 71.8 Å². The Hall–Kier alpha value is -6.96. The minimum Gasteiger partial charge on any atom is -0.505 e. The lowest BCUT2D eigenvalue weighted by molar-refractivity contribution is -0.0857. The maximum atomic E-state index is 14.0. The minimum atomic E-state index is -5.29. The zero-order valence-corrected chi connectivity index (χ0v) is 40.8. The summed E-state index contributed by atoms with van der Waals surface area (Å²) < 4.78 is 148. The molecule has 26 heteroatoms. The third kappa shape index (κ3) is 11.5. The Morgan fingerprint density at radius 2 is 1.14 bits per heavy atom. The number of rotatable bonds is 12. The summed E-state index contributed by atoms with van der Waals surface area (Å²) in [6, 6.07) is 11.0. The number of carbonyl (C=O) groups is 2. The normalized spacial score (nSPS) is 17.5. The predicted molar refractivity (Wildman–Crippen MR) is 247 cm³/mol. The Morgan fingerprint density at radius 1 is 0.700 bits per heavy atom. The molecule has 0 unspecified atom stereocenters. The number of aryl methyl sites for hydroxylation is 3. The number of nitrogens with one attached hydrogen (secondary N) is 4. The second kappa shape index (κ2) is 20.2. The van der Waals surface area contributed by atoms with Crippen molar-refractivity contribution >= 4 is 54.9 Å². The highest BCUT2D eigenvalue weighted by atomic mass is 32.2. The van der Waals surface area contributed by atoms with Crippen molar-refractivity contribution in [2.24, 2.45) is 15.9 Å². The van der Waals surface area contributed by atoms with Crippen molar-refractivity contribution in [2.75, 3.05) is 38.8 Å². The predicted octanol–water partition coefficient (Wildman–Crippen LogP) is 7.88. The van der Waals surface area contributed by atoms with Crippen molar-refractivity contribution in [1.82, 2.24) is 19.2 Å². The van der Waals surface area contributed by atoms with Gasteiger partial charge >= 0.3 is 12.4 Å². The average molecular weight is 1030 g/mol. The molecule has 6 rings (SSSR count). The molecule has 0 radical (unpaired) electrons. The van der Waals surface area contributed by atoms with Gasteiger partial charge in [-0.05, 0) is 81.1 Å². The number of anilines is 2. The molecule has 6 N–H and O–H groups in total. The number of alkyl halides is 6. The number of para-hydroxylation sites is 2. The van der Waals surface area contributed by atoms with Gasteiger partial charge in [-0.15, -0.1) is 0 Å². The van der Waals surface area contributed by atoms with Crippen LogP contribution < -0.4 is 20.1 Å². The number of aliphatic imine (C=N–C) groups is 2. The monoisotopic (exact) mass is 1030 g/mol. The number of aromatic hydroxyl groups is 2. The van der Waals surface area contributed by atoms with Gasteiger partial charge in [-0.1, -0.05) is 32.9 Å². The number of sulfonamides is 2. The van der Waals surface area contributed by atoms with E-state index in [1.54, 1.807) is 59.7 Å². The molecule has 0 spiro atoms. The zero-order chi connectivity index (χ0) is 52.6.